The molecule has 1 unspecified atom stereocenters. The van der Waals surface area contributed by atoms with E-state index in [4.69, 9.17) is 0 Å². The summed E-state index contributed by atoms with van der Waals surface area (Å²) in [6, 6.07) is 5.67. The van der Waals surface area contributed by atoms with E-state index in [1.165, 1.54) is 12.1 Å². The van der Waals surface area contributed by atoms with Crippen LogP contribution in [0.5, 0.6) is 0 Å². The second kappa shape index (κ2) is 5.34. The minimum atomic E-state index is -0.369. The monoisotopic (exact) mass is 210 g/mol. The summed E-state index contributed by atoms with van der Waals surface area (Å²) in [5.41, 5.74) is 0.605. The van der Waals surface area contributed by atoms with Gasteiger partial charge in [0.2, 0.25) is 5.91 Å². The Hall–Kier alpha value is -1.58. The summed E-state index contributed by atoms with van der Waals surface area (Å²) in [7, 11) is 0. The molecule has 0 radical (unpaired) electrons. The van der Waals surface area contributed by atoms with Crippen molar-refractivity contribution in [3.63, 3.8) is 0 Å². The van der Waals surface area contributed by atoms with Crippen molar-refractivity contribution in [3.8, 4) is 0 Å². The highest BCUT2D eigenvalue weighted by Crippen LogP contribution is 2.10. The molecule has 0 aliphatic heterocycles. The molecule has 3 nitrogen and oxygen atoms in total. The number of hydrogen-bond donors (Lipinski definition) is 2. The van der Waals surface area contributed by atoms with Crippen LogP contribution in [-0.2, 0) is 4.79 Å². The van der Waals surface area contributed by atoms with Crippen molar-refractivity contribution in [2.24, 2.45) is 0 Å². The highest BCUT2D eigenvalue weighted by Gasteiger charge is 2.10. The van der Waals surface area contributed by atoms with Crippen LogP contribution in [0.3, 0.4) is 0 Å². The number of halogens is 1. The lowest BCUT2D eigenvalue weighted by Gasteiger charge is -2.14. The third kappa shape index (κ3) is 3.58. The van der Waals surface area contributed by atoms with E-state index < -0.39 is 0 Å². The standard InChI is InChI=1S/C11H15FN2O/c1-3-13-11(15)8(2)14-10-6-4-5-9(12)7-10/h4-8,14H,3H2,1-2H3,(H,13,15). The maximum atomic E-state index is 12.8. The molecule has 0 aliphatic carbocycles. The molecule has 1 aromatic carbocycles. The minimum absolute atomic E-state index is 0.0956. The van der Waals surface area contributed by atoms with Crippen LogP contribution in [0.2, 0.25) is 0 Å². The first-order valence-electron chi connectivity index (χ1n) is 4.93. The first-order valence-corrected chi connectivity index (χ1v) is 4.93. The number of amides is 1. The Morgan fingerprint density at radius 2 is 2.27 bits per heavy atom. The molecule has 0 aromatic heterocycles. The predicted octanol–water partition coefficient (Wildman–Crippen LogP) is 1.76. The SMILES string of the molecule is CCNC(=O)C(C)Nc1cccc(F)c1. The molecule has 0 aliphatic rings. The Labute approximate surface area is 88.7 Å². The van der Waals surface area contributed by atoms with E-state index in [1.54, 1.807) is 19.1 Å². The second-order valence-corrected chi connectivity index (χ2v) is 3.27. The molecular weight excluding hydrogens is 195 g/mol. The summed E-state index contributed by atoms with van der Waals surface area (Å²) in [5, 5.41) is 5.60. The molecule has 0 fully saturated rings. The zero-order valence-electron chi connectivity index (χ0n) is 8.88. The van der Waals surface area contributed by atoms with E-state index in [0.717, 1.165) is 0 Å². The number of carbonyl (C=O) groups excluding carboxylic acids is 1. The van der Waals surface area contributed by atoms with Crippen molar-refractivity contribution in [3.05, 3.63) is 30.1 Å². The molecule has 0 bridgehead atoms. The molecule has 0 heterocycles. The van der Waals surface area contributed by atoms with E-state index in [9.17, 15) is 9.18 Å². The number of carbonyl (C=O) groups is 1. The first-order chi connectivity index (χ1) is 7.13. The number of rotatable bonds is 4. The number of likely N-dealkylation sites (N-methyl/N-ethyl adjacent to an activating group) is 1. The molecule has 82 valence electrons. The van der Waals surface area contributed by atoms with Crippen LogP contribution in [0.4, 0.5) is 10.1 Å². The molecular formula is C11H15FN2O. The Balaban J connectivity index is 2.58. The van der Waals surface area contributed by atoms with Crippen LogP contribution >= 0.6 is 0 Å². The molecule has 1 aromatic rings. The fourth-order valence-electron chi connectivity index (χ4n) is 1.22. The normalized spacial score (nSPS) is 11.9. The Morgan fingerprint density at radius 3 is 2.87 bits per heavy atom. The predicted molar refractivity (Wildman–Crippen MR) is 58.2 cm³/mol. The van der Waals surface area contributed by atoms with Crippen LogP contribution in [0.1, 0.15) is 13.8 Å². The summed E-state index contributed by atoms with van der Waals surface area (Å²) in [5.74, 6) is -0.412. The van der Waals surface area contributed by atoms with Crippen LogP contribution in [0.25, 0.3) is 0 Å². The van der Waals surface area contributed by atoms with Crippen molar-refractivity contribution in [2.45, 2.75) is 19.9 Å². The lowest BCUT2D eigenvalue weighted by Crippen LogP contribution is -2.37. The number of benzene rings is 1. The zero-order valence-corrected chi connectivity index (χ0v) is 8.88. The molecule has 0 saturated heterocycles. The smallest absolute Gasteiger partial charge is 0.242 e. The van der Waals surface area contributed by atoms with Gasteiger partial charge in [0.25, 0.3) is 0 Å². The third-order valence-corrected chi connectivity index (χ3v) is 1.95. The zero-order chi connectivity index (χ0) is 11.3. The van der Waals surface area contributed by atoms with E-state index in [-0.39, 0.29) is 17.8 Å². The highest BCUT2D eigenvalue weighted by molar-refractivity contribution is 5.84. The average molecular weight is 210 g/mol. The van der Waals surface area contributed by atoms with Crippen molar-refractivity contribution >= 4 is 11.6 Å². The van der Waals surface area contributed by atoms with E-state index in [2.05, 4.69) is 10.6 Å². The van der Waals surface area contributed by atoms with Gasteiger partial charge in [0.05, 0.1) is 0 Å². The summed E-state index contributed by atoms with van der Waals surface area (Å²) >= 11 is 0. The largest absolute Gasteiger partial charge is 0.374 e. The van der Waals surface area contributed by atoms with Gasteiger partial charge < -0.3 is 10.6 Å². The second-order valence-electron chi connectivity index (χ2n) is 3.27. The van der Waals surface area contributed by atoms with Gasteiger partial charge in [-0.2, -0.15) is 0 Å². The van der Waals surface area contributed by atoms with Gasteiger partial charge in [0, 0.05) is 12.2 Å². The lowest BCUT2D eigenvalue weighted by atomic mass is 10.2. The molecule has 4 heteroatoms. The maximum absolute atomic E-state index is 12.8. The molecule has 2 N–H and O–H groups in total. The van der Waals surface area contributed by atoms with Gasteiger partial charge in [0.15, 0.2) is 0 Å². The first kappa shape index (κ1) is 11.5. The van der Waals surface area contributed by atoms with E-state index in [1.807, 2.05) is 6.92 Å². The molecule has 1 atom stereocenters. The van der Waals surface area contributed by atoms with E-state index in [0.29, 0.717) is 12.2 Å². The van der Waals surface area contributed by atoms with Crippen LogP contribution in [0, 0.1) is 5.82 Å². The fourth-order valence-corrected chi connectivity index (χ4v) is 1.22. The summed E-state index contributed by atoms with van der Waals surface area (Å²) < 4.78 is 12.8. The van der Waals surface area contributed by atoms with E-state index >= 15 is 0 Å². The summed E-state index contributed by atoms with van der Waals surface area (Å²) in [6.07, 6.45) is 0. The average Bonchev–Trinajstić information content (AvgIpc) is 2.18. The third-order valence-electron chi connectivity index (χ3n) is 1.95. The van der Waals surface area contributed by atoms with Crippen molar-refractivity contribution < 1.29 is 9.18 Å². The van der Waals surface area contributed by atoms with Gasteiger partial charge in [0.1, 0.15) is 11.9 Å². The van der Waals surface area contributed by atoms with Gasteiger partial charge in [-0.25, -0.2) is 4.39 Å². The number of nitrogens with one attached hydrogen (secondary N) is 2. The maximum Gasteiger partial charge on any atom is 0.242 e. The minimum Gasteiger partial charge on any atom is -0.374 e. The summed E-state index contributed by atoms with van der Waals surface area (Å²) in [4.78, 5) is 11.4. The van der Waals surface area contributed by atoms with Crippen LogP contribution in [0.15, 0.2) is 24.3 Å². The Kier molecular flexibility index (Phi) is 4.09. The number of hydrogen-bond acceptors (Lipinski definition) is 2. The Bertz CT molecular complexity index is 341. The van der Waals surface area contributed by atoms with Gasteiger partial charge in [-0.1, -0.05) is 6.07 Å². The van der Waals surface area contributed by atoms with Gasteiger partial charge in [-0.05, 0) is 32.0 Å². The van der Waals surface area contributed by atoms with Gasteiger partial charge in [-0.15, -0.1) is 0 Å². The molecule has 1 amide bonds. The highest BCUT2D eigenvalue weighted by atomic mass is 19.1. The fraction of sp³-hybridized carbons (Fsp3) is 0.364. The van der Waals surface area contributed by atoms with Crippen LogP contribution in [-0.4, -0.2) is 18.5 Å². The topological polar surface area (TPSA) is 41.1 Å². The number of anilines is 1. The van der Waals surface area contributed by atoms with Crippen LogP contribution < -0.4 is 10.6 Å². The lowest BCUT2D eigenvalue weighted by molar-refractivity contribution is -0.121. The molecule has 0 saturated carbocycles. The summed E-state index contributed by atoms with van der Waals surface area (Å²) in [6.45, 7) is 4.18. The Morgan fingerprint density at radius 1 is 1.53 bits per heavy atom. The van der Waals surface area contributed by atoms with Crippen molar-refractivity contribution in [1.82, 2.24) is 5.32 Å². The molecule has 0 spiro atoms. The van der Waals surface area contributed by atoms with Crippen molar-refractivity contribution in [1.29, 1.82) is 0 Å². The van der Waals surface area contributed by atoms with Gasteiger partial charge >= 0.3 is 0 Å². The molecule has 1 rings (SSSR count). The van der Waals surface area contributed by atoms with Crippen molar-refractivity contribution in [2.75, 3.05) is 11.9 Å². The quantitative estimate of drug-likeness (QED) is 0.795. The molecule has 15 heavy (non-hydrogen) atoms. The van der Waals surface area contributed by atoms with Gasteiger partial charge in [-0.3, -0.25) is 4.79 Å².